The van der Waals surface area contributed by atoms with E-state index in [1.165, 1.54) is 0 Å². The molecule has 1 aliphatic heterocycles. The zero-order valence-electron chi connectivity index (χ0n) is 6.49. The van der Waals surface area contributed by atoms with Crippen LogP contribution in [0.5, 0.6) is 0 Å². The molecule has 1 heterocycles. The van der Waals surface area contributed by atoms with Crippen molar-refractivity contribution < 1.29 is 9.90 Å². The van der Waals surface area contributed by atoms with Gasteiger partial charge in [-0.3, -0.25) is 4.79 Å². The summed E-state index contributed by atoms with van der Waals surface area (Å²) in [5.41, 5.74) is 0. The van der Waals surface area contributed by atoms with Crippen molar-refractivity contribution in [1.82, 2.24) is 5.32 Å². The molecule has 0 bridgehead atoms. The van der Waals surface area contributed by atoms with Gasteiger partial charge in [0, 0.05) is 0 Å². The molecule has 0 aliphatic carbocycles. The predicted octanol–water partition coefficient (Wildman–Crippen LogP) is 1.34. The largest absolute Gasteiger partial charge is 0.481 e. The Bertz CT molecular complexity index is 117. The lowest BCUT2D eigenvalue weighted by molar-refractivity contribution is -0.142. The Morgan fingerprint density at radius 3 is 1.83 bits per heavy atom. The zero-order chi connectivity index (χ0) is 6.69. The summed E-state index contributed by atoms with van der Waals surface area (Å²) in [6.45, 7) is 1.72. The quantitative estimate of drug-likeness (QED) is 0.725. The molecule has 0 amide bonds. The van der Waals surface area contributed by atoms with Gasteiger partial charge in [-0.15, -0.1) is 37.2 Å². The average Bonchev–Trinajstić information content (AvgIpc) is 1.90. The minimum Gasteiger partial charge on any atom is -0.481 e. The fraction of sp³-hybridized carbons (Fsp3) is 0.833. The number of nitrogens with one attached hydrogen (secondary N) is 1. The van der Waals surface area contributed by atoms with Crippen molar-refractivity contribution >= 4 is 43.2 Å². The number of piperidine rings is 1. The molecule has 2 N–H and O–H groups in total. The molecule has 0 spiro atoms. The molecule has 0 aromatic carbocycles. The second-order valence-corrected chi connectivity index (χ2v) is 2.36. The standard InChI is InChI=1S/C6H11NO2.3ClH/c8-6(9)5-1-3-7-4-2-5;;;/h5,7H,1-4H2,(H,8,9);3*1H. The normalized spacial score (nSPS) is 16.3. The highest BCUT2D eigenvalue weighted by atomic mass is 35.5. The fourth-order valence-corrected chi connectivity index (χ4v) is 1.07. The zero-order valence-corrected chi connectivity index (χ0v) is 8.94. The van der Waals surface area contributed by atoms with Gasteiger partial charge >= 0.3 is 5.97 Å². The average molecular weight is 239 g/mol. The van der Waals surface area contributed by atoms with Crippen molar-refractivity contribution in [2.45, 2.75) is 12.8 Å². The van der Waals surface area contributed by atoms with Gasteiger partial charge in [0.1, 0.15) is 0 Å². The fourth-order valence-electron chi connectivity index (χ4n) is 1.07. The van der Waals surface area contributed by atoms with Crippen LogP contribution in [-0.2, 0) is 4.79 Å². The topological polar surface area (TPSA) is 49.3 Å². The molecule has 0 aromatic rings. The molecular weight excluding hydrogens is 224 g/mol. The van der Waals surface area contributed by atoms with E-state index in [1.54, 1.807) is 0 Å². The number of carboxylic acid groups (broad SMARTS) is 1. The van der Waals surface area contributed by atoms with Crippen molar-refractivity contribution in [3.63, 3.8) is 0 Å². The van der Waals surface area contributed by atoms with Crippen LogP contribution in [0.25, 0.3) is 0 Å². The Hall–Kier alpha value is 0.300. The van der Waals surface area contributed by atoms with E-state index in [1.807, 2.05) is 0 Å². The van der Waals surface area contributed by atoms with Crippen molar-refractivity contribution in [3.05, 3.63) is 0 Å². The summed E-state index contributed by atoms with van der Waals surface area (Å²) in [7, 11) is 0. The van der Waals surface area contributed by atoms with Crippen LogP contribution >= 0.6 is 37.2 Å². The Morgan fingerprint density at radius 2 is 1.58 bits per heavy atom. The predicted molar refractivity (Wildman–Crippen MR) is 55.0 cm³/mol. The summed E-state index contributed by atoms with van der Waals surface area (Å²) in [4.78, 5) is 10.3. The summed E-state index contributed by atoms with van der Waals surface area (Å²) in [5, 5.41) is 11.6. The highest BCUT2D eigenvalue weighted by molar-refractivity contribution is 5.86. The monoisotopic (exact) mass is 237 g/mol. The van der Waals surface area contributed by atoms with Crippen molar-refractivity contribution in [1.29, 1.82) is 0 Å². The van der Waals surface area contributed by atoms with Gasteiger partial charge in [-0.25, -0.2) is 0 Å². The maximum atomic E-state index is 10.3. The van der Waals surface area contributed by atoms with E-state index >= 15 is 0 Å². The Labute approximate surface area is 90.5 Å². The molecule has 0 radical (unpaired) electrons. The highest BCUT2D eigenvalue weighted by Gasteiger charge is 2.18. The van der Waals surface area contributed by atoms with Crippen molar-refractivity contribution in [2.24, 2.45) is 5.92 Å². The van der Waals surface area contributed by atoms with E-state index in [4.69, 9.17) is 5.11 Å². The number of hydrogen-bond donors (Lipinski definition) is 2. The Kier molecular flexibility index (Phi) is 14.2. The summed E-state index contributed by atoms with van der Waals surface area (Å²) in [6, 6.07) is 0. The number of halogens is 3. The lowest BCUT2D eigenvalue weighted by Gasteiger charge is -2.17. The van der Waals surface area contributed by atoms with Crippen LogP contribution < -0.4 is 5.32 Å². The number of carbonyl (C=O) groups is 1. The minimum absolute atomic E-state index is 0. The number of carboxylic acids is 1. The third-order valence-electron chi connectivity index (χ3n) is 1.69. The number of aliphatic carboxylic acids is 1. The number of hydrogen-bond acceptors (Lipinski definition) is 2. The molecular formula is C6H14Cl3NO2. The van der Waals surface area contributed by atoms with Crippen molar-refractivity contribution in [3.8, 4) is 0 Å². The van der Waals surface area contributed by atoms with Gasteiger partial charge in [-0.2, -0.15) is 0 Å². The van der Waals surface area contributed by atoms with E-state index in [9.17, 15) is 4.79 Å². The first-order valence-corrected chi connectivity index (χ1v) is 3.24. The van der Waals surface area contributed by atoms with Crippen LogP contribution in [-0.4, -0.2) is 24.2 Å². The second kappa shape index (κ2) is 9.39. The van der Waals surface area contributed by atoms with Crippen LogP contribution in [0.4, 0.5) is 0 Å². The summed E-state index contributed by atoms with van der Waals surface area (Å²) >= 11 is 0. The molecule has 0 unspecified atom stereocenters. The van der Waals surface area contributed by atoms with Gasteiger partial charge in [0.05, 0.1) is 5.92 Å². The summed E-state index contributed by atoms with van der Waals surface area (Å²) < 4.78 is 0. The van der Waals surface area contributed by atoms with Gasteiger partial charge in [-0.1, -0.05) is 0 Å². The van der Waals surface area contributed by atoms with Crippen molar-refractivity contribution in [2.75, 3.05) is 13.1 Å². The molecule has 1 aliphatic rings. The summed E-state index contributed by atoms with van der Waals surface area (Å²) in [6.07, 6.45) is 1.57. The van der Waals surface area contributed by atoms with E-state index in [2.05, 4.69) is 5.32 Å². The third-order valence-corrected chi connectivity index (χ3v) is 1.69. The second-order valence-electron chi connectivity index (χ2n) is 2.36. The van der Waals surface area contributed by atoms with Crippen LogP contribution in [0, 0.1) is 5.92 Å². The van der Waals surface area contributed by atoms with E-state index in [0.29, 0.717) is 0 Å². The molecule has 6 heteroatoms. The lowest BCUT2D eigenvalue weighted by Crippen LogP contribution is -2.31. The third kappa shape index (κ3) is 5.89. The van der Waals surface area contributed by atoms with E-state index in [-0.39, 0.29) is 43.1 Å². The minimum atomic E-state index is -0.642. The Morgan fingerprint density at radius 1 is 1.17 bits per heavy atom. The first-order valence-electron chi connectivity index (χ1n) is 3.24. The maximum absolute atomic E-state index is 10.3. The van der Waals surface area contributed by atoms with Gasteiger partial charge in [0.2, 0.25) is 0 Å². The molecule has 0 saturated carbocycles. The molecule has 76 valence electrons. The first kappa shape index (κ1) is 18.2. The molecule has 1 rings (SSSR count). The van der Waals surface area contributed by atoms with Crippen LogP contribution in [0.2, 0.25) is 0 Å². The summed E-state index contributed by atoms with van der Waals surface area (Å²) in [5.74, 6) is -0.734. The number of rotatable bonds is 1. The lowest BCUT2D eigenvalue weighted by atomic mass is 9.99. The van der Waals surface area contributed by atoms with Crippen LogP contribution in [0.1, 0.15) is 12.8 Å². The van der Waals surface area contributed by atoms with E-state index in [0.717, 1.165) is 25.9 Å². The van der Waals surface area contributed by atoms with Gasteiger partial charge in [-0.05, 0) is 25.9 Å². The molecule has 1 fully saturated rings. The van der Waals surface area contributed by atoms with Gasteiger partial charge in [0.25, 0.3) is 0 Å². The highest BCUT2D eigenvalue weighted by Crippen LogP contribution is 2.10. The molecule has 12 heavy (non-hydrogen) atoms. The van der Waals surface area contributed by atoms with E-state index < -0.39 is 5.97 Å². The smallest absolute Gasteiger partial charge is 0.306 e. The van der Waals surface area contributed by atoms with Crippen LogP contribution in [0.15, 0.2) is 0 Å². The molecule has 3 nitrogen and oxygen atoms in total. The Balaban J connectivity index is -0.000000270. The first-order chi connectivity index (χ1) is 4.30. The molecule has 0 aromatic heterocycles. The van der Waals surface area contributed by atoms with Gasteiger partial charge < -0.3 is 10.4 Å². The SMILES string of the molecule is Cl.Cl.Cl.O=C(O)C1CCNCC1. The molecule has 1 saturated heterocycles. The maximum Gasteiger partial charge on any atom is 0.306 e. The molecule has 0 atom stereocenters. The van der Waals surface area contributed by atoms with Crippen LogP contribution in [0.3, 0.4) is 0 Å². The van der Waals surface area contributed by atoms with Gasteiger partial charge in [0.15, 0.2) is 0 Å².